The average molecular weight is 504 g/mol. The first-order valence-electron chi connectivity index (χ1n) is 11.6. The molecule has 0 bridgehead atoms. The van der Waals surface area contributed by atoms with Crippen molar-refractivity contribution in [1.82, 2.24) is 0 Å². The van der Waals surface area contributed by atoms with Crippen LogP contribution in [0, 0.1) is 0 Å². The molecule has 0 amide bonds. The van der Waals surface area contributed by atoms with E-state index in [-0.39, 0.29) is 5.41 Å². The minimum Gasteiger partial charge on any atom is -0.741 e. The molecular weight excluding hydrogens is 475 g/mol. The van der Waals surface area contributed by atoms with Gasteiger partial charge in [-0.1, -0.05) is 48.5 Å². The molecule has 0 unspecified atom stereocenters. The summed E-state index contributed by atoms with van der Waals surface area (Å²) < 4.78 is 61.5. The maximum absolute atomic E-state index is 10.7. The van der Waals surface area contributed by atoms with Crippen LogP contribution >= 0.6 is 0 Å². The second-order valence-corrected chi connectivity index (χ2v) is 11.1. The maximum atomic E-state index is 10.7. The molecule has 0 fully saturated rings. The number of rotatable bonds is 1. The molecule has 5 rings (SSSR count). The second-order valence-electron chi connectivity index (χ2n) is 9.75. The van der Waals surface area contributed by atoms with Crippen molar-refractivity contribution in [2.75, 3.05) is 0 Å². The molecule has 0 spiro atoms. The summed E-state index contributed by atoms with van der Waals surface area (Å²) >= 11 is 0. The van der Waals surface area contributed by atoms with Crippen LogP contribution in [0.3, 0.4) is 0 Å². The molecule has 1 heterocycles. The summed E-state index contributed by atoms with van der Waals surface area (Å²) in [5.74, 6) is 0. The summed E-state index contributed by atoms with van der Waals surface area (Å²) in [4.78, 5) is 0. The van der Waals surface area contributed by atoms with E-state index >= 15 is 0 Å². The van der Waals surface area contributed by atoms with Crippen molar-refractivity contribution in [1.29, 1.82) is 0 Å². The minimum atomic E-state index is -6.09. The van der Waals surface area contributed by atoms with E-state index in [1.807, 2.05) is 0 Å². The highest BCUT2D eigenvalue weighted by Gasteiger charge is 2.41. The Hall–Kier alpha value is -2.71. The first-order chi connectivity index (χ1) is 16.3. The van der Waals surface area contributed by atoms with Crippen molar-refractivity contribution >= 4 is 10.1 Å². The van der Waals surface area contributed by atoms with E-state index in [9.17, 15) is 13.2 Å². The summed E-state index contributed by atoms with van der Waals surface area (Å²) in [6.07, 6.45) is 6.03. The zero-order valence-electron chi connectivity index (χ0n) is 19.9. The van der Waals surface area contributed by atoms with Gasteiger partial charge in [0.15, 0.2) is 15.8 Å². The number of hydrogen-bond acceptors (Lipinski definition) is 3. The van der Waals surface area contributed by atoms with Gasteiger partial charge in [-0.15, -0.1) is 0 Å². The molecular formula is C27H28F3NO3S. The SMILES string of the molecule is C[n+]1c2c(c(-c3ccccc3)c3c1C(C)(C)CCC3)CCc1ccccc1-2.O=S(=O)([O-])C(F)(F)F. The number of alkyl halides is 3. The van der Waals surface area contributed by atoms with Crippen molar-refractivity contribution in [2.24, 2.45) is 7.05 Å². The Bertz CT molecular complexity index is 1360. The van der Waals surface area contributed by atoms with Gasteiger partial charge in [0, 0.05) is 27.7 Å². The normalized spacial score (nSPS) is 16.3. The molecule has 0 aliphatic heterocycles. The molecule has 0 N–H and O–H groups in total. The highest BCUT2D eigenvalue weighted by Crippen LogP contribution is 2.45. The van der Waals surface area contributed by atoms with Crippen molar-refractivity contribution in [2.45, 2.75) is 56.9 Å². The van der Waals surface area contributed by atoms with Crippen molar-refractivity contribution in [3.8, 4) is 22.4 Å². The van der Waals surface area contributed by atoms with Gasteiger partial charge in [-0.05, 0) is 63.1 Å². The van der Waals surface area contributed by atoms with Gasteiger partial charge in [-0.25, -0.2) is 8.42 Å². The Balaban J connectivity index is 0.000000314. The van der Waals surface area contributed by atoms with E-state index in [4.69, 9.17) is 13.0 Å². The molecule has 3 aromatic rings. The van der Waals surface area contributed by atoms with Crippen molar-refractivity contribution < 1.29 is 30.7 Å². The Kier molecular flexibility index (Phi) is 6.57. The molecule has 2 aliphatic rings. The fourth-order valence-corrected chi connectivity index (χ4v) is 5.64. The van der Waals surface area contributed by atoms with Gasteiger partial charge in [0.05, 0.1) is 0 Å². The standard InChI is InChI=1S/C26H28N.CHF3O3S/c1-26(2)17-9-14-22-23(19-11-5-4-6-12-19)21-16-15-18-10-7-8-13-20(18)24(21)27(3)25(22)26;2-1(3,4)8(5,6)7/h4-8,10-13H,9,14-17H2,1-3H3;(H,5,6,7)/q+1;/p-1. The minimum absolute atomic E-state index is 0.216. The third-order valence-electron chi connectivity index (χ3n) is 6.98. The van der Waals surface area contributed by atoms with Crippen LogP contribution in [0.5, 0.6) is 0 Å². The molecule has 2 aromatic carbocycles. The first kappa shape index (κ1) is 25.4. The predicted molar refractivity (Wildman–Crippen MR) is 128 cm³/mol. The Morgan fingerprint density at radius 2 is 1.51 bits per heavy atom. The topological polar surface area (TPSA) is 61.1 Å². The van der Waals surface area contributed by atoms with Crippen LogP contribution in [0.15, 0.2) is 54.6 Å². The lowest BCUT2D eigenvalue weighted by molar-refractivity contribution is -0.673. The number of hydrogen-bond donors (Lipinski definition) is 0. The molecule has 186 valence electrons. The van der Waals surface area contributed by atoms with Crippen LogP contribution in [0.1, 0.15) is 49.1 Å². The van der Waals surface area contributed by atoms with E-state index in [2.05, 4.69) is 80.1 Å². The van der Waals surface area contributed by atoms with E-state index in [0.29, 0.717) is 0 Å². The molecule has 0 atom stereocenters. The van der Waals surface area contributed by atoms with Crippen LogP contribution in [0.25, 0.3) is 22.4 Å². The Morgan fingerprint density at radius 3 is 2.14 bits per heavy atom. The predicted octanol–water partition coefficient (Wildman–Crippen LogP) is 5.61. The number of aromatic nitrogens is 1. The largest absolute Gasteiger partial charge is 0.741 e. The molecule has 0 radical (unpaired) electrons. The summed E-state index contributed by atoms with van der Waals surface area (Å²) in [6, 6.07) is 20.1. The lowest BCUT2D eigenvalue weighted by Gasteiger charge is -2.33. The lowest BCUT2D eigenvalue weighted by atomic mass is 9.71. The second kappa shape index (κ2) is 9.06. The number of nitrogens with zero attached hydrogens (tertiary/aromatic N) is 1. The van der Waals surface area contributed by atoms with Gasteiger partial charge < -0.3 is 4.55 Å². The van der Waals surface area contributed by atoms with E-state index in [1.54, 1.807) is 16.8 Å². The fourth-order valence-electron chi connectivity index (χ4n) is 5.64. The average Bonchev–Trinajstić information content (AvgIpc) is 2.78. The number of benzene rings is 2. The number of aryl methyl sites for hydroxylation is 1. The van der Waals surface area contributed by atoms with Crippen LogP contribution in [-0.4, -0.2) is 18.5 Å². The Labute approximate surface area is 204 Å². The van der Waals surface area contributed by atoms with Gasteiger partial charge in [0.25, 0.3) is 0 Å². The summed E-state index contributed by atoms with van der Waals surface area (Å²) in [5.41, 5.74) is 6.56. The van der Waals surface area contributed by atoms with E-state index < -0.39 is 15.6 Å². The molecule has 8 heteroatoms. The van der Waals surface area contributed by atoms with Gasteiger partial charge in [-0.2, -0.15) is 17.7 Å². The molecule has 0 saturated heterocycles. The monoisotopic (exact) mass is 503 g/mol. The first-order valence-corrected chi connectivity index (χ1v) is 13.0. The van der Waals surface area contributed by atoms with Crippen molar-refractivity contribution in [3.05, 3.63) is 77.0 Å². The fraction of sp³-hybridized carbons (Fsp3) is 0.370. The zero-order chi connectivity index (χ0) is 25.6. The van der Waals surface area contributed by atoms with Gasteiger partial charge in [0.1, 0.15) is 7.05 Å². The number of pyridine rings is 1. The maximum Gasteiger partial charge on any atom is 0.485 e. The van der Waals surface area contributed by atoms with Crippen LogP contribution in [0.4, 0.5) is 13.2 Å². The highest BCUT2D eigenvalue weighted by molar-refractivity contribution is 7.86. The van der Waals surface area contributed by atoms with Gasteiger partial charge in [0.2, 0.25) is 5.69 Å². The molecule has 0 saturated carbocycles. The molecule has 1 aromatic heterocycles. The van der Waals surface area contributed by atoms with E-state index in [1.165, 1.54) is 47.2 Å². The zero-order valence-corrected chi connectivity index (χ0v) is 20.8. The summed E-state index contributed by atoms with van der Waals surface area (Å²) in [7, 11) is -3.78. The van der Waals surface area contributed by atoms with Gasteiger partial charge in [-0.3, -0.25) is 0 Å². The number of halogens is 3. The summed E-state index contributed by atoms with van der Waals surface area (Å²) in [5, 5.41) is 0. The smallest absolute Gasteiger partial charge is 0.485 e. The molecule has 2 aliphatic carbocycles. The van der Waals surface area contributed by atoms with Crippen LogP contribution < -0.4 is 4.57 Å². The lowest BCUT2D eigenvalue weighted by Crippen LogP contribution is -2.47. The summed E-state index contributed by atoms with van der Waals surface area (Å²) in [6.45, 7) is 4.86. The van der Waals surface area contributed by atoms with Gasteiger partial charge >= 0.3 is 5.51 Å². The third kappa shape index (κ3) is 4.74. The third-order valence-corrected chi connectivity index (χ3v) is 7.55. The Morgan fingerprint density at radius 1 is 0.914 bits per heavy atom. The quantitative estimate of drug-likeness (QED) is 0.246. The van der Waals surface area contributed by atoms with Crippen LogP contribution in [0.2, 0.25) is 0 Å². The van der Waals surface area contributed by atoms with Crippen molar-refractivity contribution in [3.63, 3.8) is 0 Å². The van der Waals surface area contributed by atoms with E-state index in [0.717, 1.165) is 12.8 Å². The molecule has 4 nitrogen and oxygen atoms in total. The molecule has 35 heavy (non-hydrogen) atoms. The highest BCUT2D eigenvalue weighted by atomic mass is 32.2. The van der Waals surface area contributed by atoms with Crippen LogP contribution in [-0.2, 0) is 41.8 Å². The number of fused-ring (bicyclic) bond motifs is 4.